The van der Waals surface area contributed by atoms with Crippen LogP contribution in [0.15, 0.2) is 30.3 Å². The van der Waals surface area contributed by atoms with Crippen molar-refractivity contribution in [3.05, 3.63) is 41.4 Å². The topological polar surface area (TPSA) is 62.7 Å². The molecule has 0 aliphatic heterocycles. The zero-order chi connectivity index (χ0) is 11.8. The summed E-state index contributed by atoms with van der Waals surface area (Å²) in [5.74, 6) is 4.83. The summed E-state index contributed by atoms with van der Waals surface area (Å²) in [5, 5.41) is 0. The number of benzene rings is 1. The van der Waals surface area contributed by atoms with E-state index < -0.39 is 5.97 Å². The van der Waals surface area contributed by atoms with Crippen molar-refractivity contribution in [3.8, 4) is 11.8 Å². The Kier molecular flexibility index (Phi) is 4.52. The van der Waals surface area contributed by atoms with E-state index in [9.17, 15) is 4.79 Å². The van der Waals surface area contributed by atoms with E-state index in [1.54, 1.807) is 0 Å². The molecule has 0 radical (unpaired) electrons. The molecule has 0 N–H and O–H groups in total. The number of nitrogens with zero attached hydrogens (tertiary/aromatic N) is 2. The van der Waals surface area contributed by atoms with Crippen molar-refractivity contribution in [1.82, 2.24) is 0 Å². The van der Waals surface area contributed by atoms with E-state index in [1.165, 1.54) is 6.92 Å². The number of ether oxygens (including phenoxy) is 1. The number of carbonyl (C=O) groups is 1. The summed E-state index contributed by atoms with van der Waals surface area (Å²) >= 11 is 0. The first-order valence-corrected chi connectivity index (χ1v) is 4.63. The van der Waals surface area contributed by atoms with E-state index in [-0.39, 0.29) is 12.3 Å². The fourth-order valence-corrected chi connectivity index (χ4v) is 0.907. The Labute approximate surface area is 93.5 Å². The summed E-state index contributed by atoms with van der Waals surface area (Å²) < 4.78 is 4.71. The van der Waals surface area contributed by atoms with Gasteiger partial charge < -0.3 is 10.3 Å². The van der Waals surface area contributed by atoms with Crippen molar-refractivity contribution >= 4 is 11.7 Å². The molecule has 0 aliphatic rings. The Morgan fingerprint density at radius 2 is 2.12 bits per heavy atom. The molecule has 0 aliphatic carbocycles. The molecule has 0 aromatic heterocycles. The molecule has 0 saturated carbocycles. The van der Waals surface area contributed by atoms with Crippen LogP contribution in [0.2, 0.25) is 0 Å². The number of hydrogen-bond acceptors (Lipinski definition) is 2. The monoisotopic (exact) mass is 214 g/mol. The average Bonchev–Trinajstić information content (AvgIpc) is 2.34. The van der Waals surface area contributed by atoms with Crippen LogP contribution < -0.4 is 0 Å². The van der Waals surface area contributed by atoms with E-state index in [4.69, 9.17) is 10.3 Å². The molecular formula is C12H10N2O2. The van der Waals surface area contributed by atoms with Gasteiger partial charge in [0.15, 0.2) is 6.61 Å². The Morgan fingerprint density at radius 3 is 2.75 bits per heavy atom. The number of esters is 1. The highest BCUT2D eigenvalue weighted by Gasteiger charge is 2.13. The molecular weight excluding hydrogens is 204 g/mol. The molecule has 0 spiro atoms. The number of carbonyl (C=O) groups excluding carboxylic acids is 1. The van der Waals surface area contributed by atoms with Gasteiger partial charge in [-0.25, -0.2) is 4.79 Å². The first kappa shape index (κ1) is 11.7. The molecule has 80 valence electrons. The summed E-state index contributed by atoms with van der Waals surface area (Å²) in [6.07, 6.45) is 0. The minimum absolute atomic E-state index is 0.0272. The van der Waals surface area contributed by atoms with Gasteiger partial charge in [-0.3, -0.25) is 0 Å². The van der Waals surface area contributed by atoms with Crippen LogP contribution in [0.4, 0.5) is 0 Å². The van der Waals surface area contributed by atoms with Crippen LogP contribution in [0.25, 0.3) is 5.53 Å². The van der Waals surface area contributed by atoms with E-state index in [0.29, 0.717) is 0 Å². The normalized spacial score (nSPS) is 8.31. The third kappa shape index (κ3) is 3.79. The fourth-order valence-electron chi connectivity index (χ4n) is 0.907. The summed E-state index contributed by atoms with van der Waals surface area (Å²) in [7, 11) is 0. The van der Waals surface area contributed by atoms with Gasteiger partial charge in [0.1, 0.15) is 0 Å². The summed E-state index contributed by atoms with van der Waals surface area (Å²) in [6.45, 7) is 1.33. The lowest BCUT2D eigenvalue weighted by atomic mass is 10.2. The predicted octanol–water partition coefficient (Wildman–Crippen LogP) is 1.27. The number of rotatable bonds is 2. The van der Waals surface area contributed by atoms with Crippen LogP contribution in [0.5, 0.6) is 0 Å². The van der Waals surface area contributed by atoms with Crippen LogP contribution in [0.1, 0.15) is 12.5 Å². The largest absolute Gasteiger partial charge is 0.444 e. The Morgan fingerprint density at radius 1 is 1.44 bits per heavy atom. The highest BCUT2D eigenvalue weighted by Crippen LogP contribution is 1.94. The third-order valence-corrected chi connectivity index (χ3v) is 1.73. The van der Waals surface area contributed by atoms with E-state index in [1.807, 2.05) is 30.3 Å². The molecule has 16 heavy (non-hydrogen) atoms. The van der Waals surface area contributed by atoms with Crippen molar-refractivity contribution in [2.45, 2.75) is 6.92 Å². The van der Waals surface area contributed by atoms with E-state index in [2.05, 4.69) is 16.6 Å². The molecule has 1 aromatic rings. The Bertz CT molecular complexity index is 477. The lowest BCUT2D eigenvalue weighted by Gasteiger charge is -1.92. The van der Waals surface area contributed by atoms with Crippen molar-refractivity contribution < 1.29 is 14.3 Å². The van der Waals surface area contributed by atoms with E-state index in [0.717, 1.165) is 5.56 Å². The predicted molar refractivity (Wildman–Crippen MR) is 58.6 cm³/mol. The molecule has 0 amide bonds. The average molecular weight is 214 g/mol. The third-order valence-electron chi connectivity index (χ3n) is 1.73. The van der Waals surface area contributed by atoms with Crippen molar-refractivity contribution in [2.24, 2.45) is 0 Å². The standard InChI is InChI=1S/C12H10N2O2/c1-10(14-13)12(15)16-9-5-8-11-6-3-2-4-7-11/h2-4,6-7H,9H2,1H3. The maximum atomic E-state index is 11.0. The van der Waals surface area contributed by atoms with Crippen molar-refractivity contribution in [1.29, 1.82) is 0 Å². The second-order valence-electron chi connectivity index (χ2n) is 2.93. The van der Waals surface area contributed by atoms with E-state index >= 15 is 0 Å². The van der Waals surface area contributed by atoms with Gasteiger partial charge in [0.25, 0.3) is 0 Å². The van der Waals surface area contributed by atoms with Crippen LogP contribution in [-0.4, -0.2) is 23.1 Å². The van der Waals surface area contributed by atoms with Crippen LogP contribution in [0.3, 0.4) is 0 Å². The molecule has 0 unspecified atom stereocenters. The van der Waals surface area contributed by atoms with Gasteiger partial charge >= 0.3 is 11.7 Å². The van der Waals surface area contributed by atoms with Crippen LogP contribution in [0, 0.1) is 11.8 Å². The minimum atomic E-state index is -0.676. The SMILES string of the molecule is CC(=[N+]=[N-])C(=O)OCC#Cc1ccccc1. The van der Waals surface area contributed by atoms with Crippen molar-refractivity contribution in [3.63, 3.8) is 0 Å². The minimum Gasteiger partial charge on any atom is -0.444 e. The van der Waals surface area contributed by atoms with Gasteiger partial charge in [0, 0.05) is 12.5 Å². The zero-order valence-electron chi connectivity index (χ0n) is 8.80. The molecule has 4 heteroatoms. The van der Waals surface area contributed by atoms with Crippen LogP contribution >= 0.6 is 0 Å². The van der Waals surface area contributed by atoms with Gasteiger partial charge in [-0.1, -0.05) is 30.0 Å². The quantitative estimate of drug-likeness (QED) is 0.245. The maximum absolute atomic E-state index is 11.0. The van der Waals surface area contributed by atoms with Gasteiger partial charge in [0.2, 0.25) is 0 Å². The van der Waals surface area contributed by atoms with Gasteiger partial charge in [-0.15, -0.1) is 0 Å². The molecule has 1 rings (SSSR count). The first-order chi connectivity index (χ1) is 7.74. The molecule has 0 atom stereocenters. The Hall–Kier alpha value is -2.37. The highest BCUT2D eigenvalue weighted by molar-refractivity contribution is 6.32. The van der Waals surface area contributed by atoms with Gasteiger partial charge in [-0.05, 0) is 12.1 Å². The Balaban J connectivity index is 2.46. The fraction of sp³-hybridized carbons (Fsp3) is 0.167. The number of hydrogen-bond donors (Lipinski definition) is 0. The molecule has 0 fully saturated rings. The van der Waals surface area contributed by atoms with Crippen LogP contribution in [-0.2, 0) is 9.53 Å². The highest BCUT2D eigenvalue weighted by atomic mass is 16.5. The lowest BCUT2D eigenvalue weighted by molar-refractivity contribution is -0.138. The summed E-state index contributed by atoms with van der Waals surface area (Å²) in [5.41, 5.74) is 9.05. The molecule has 4 nitrogen and oxygen atoms in total. The van der Waals surface area contributed by atoms with Gasteiger partial charge in [-0.2, -0.15) is 4.79 Å². The molecule has 0 saturated heterocycles. The van der Waals surface area contributed by atoms with Gasteiger partial charge in [0.05, 0.1) is 0 Å². The molecule has 0 heterocycles. The maximum Gasteiger partial charge on any atom is 0.417 e. The lowest BCUT2D eigenvalue weighted by Crippen LogP contribution is -2.15. The summed E-state index contributed by atoms with van der Waals surface area (Å²) in [6, 6.07) is 9.36. The first-order valence-electron chi connectivity index (χ1n) is 4.63. The van der Waals surface area contributed by atoms with Crippen molar-refractivity contribution in [2.75, 3.05) is 6.61 Å². The summed E-state index contributed by atoms with van der Waals surface area (Å²) in [4.78, 5) is 13.7. The zero-order valence-corrected chi connectivity index (χ0v) is 8.80. The molecule has 0 bridgehead atoms. The molecule has 1 aromatic carbocycles. The smallest absolute Gasteiger partial charge is 0.417 e. The second kappa shape index (κ2) is 6.18. The second-order valence-corrected chi connectivity index (χ2v) is 2.93.